The molecule has 0 heterocycles. The van der Waals surface area contributed by atoms with Crippen LogP contribution in [0.2, 0.25) is 0 Å². The Bertz CT molecular complexity index is 773. The highest BCUT2D eigenvalue weighted by molar-refractivity contribution is 6.04. The molecule has 4 N–H and O–H groups in total. The molecule has 0 aliphatic rings. The molecule has 2 aromatic carbocycles. The van der Waals surface area contributed by atoms with Crippen LogP contribution in [0.15, 0.2) is 53.5 Å². The number of anilines is 1. The van der Waals surface area contributed by atoms with Crippen molar-refractivity contribution in [1.82, 2.24) is 5.43 Å². The summed E-state index contributed by atoms with van der Waals surface area (Å²) in [6, 6.07) is 14.2. The topological polar surface area (TPSA) is 106 Å². The van der Waals surface area contributed by atoms with Crippen molar-refractivity contribution in [1.29, 1.82) is 0 Å². The Labute approximate surface area is 152 Å². The SMILES string of the molecule is CCOC(=O)CCc1ccc(NC(=O)c2cccc(N=CNN)c2)cc1. The van der Waals surface area contributed by atoms with Crippen molar-refractivity contribution in [3.63, 3.8) is 0 Å². The Morgan fingerprint density at radius 3 is 2.65 bits per heavy atom. The van der Waals surface area contributed by atoms with Gasteiger partial charge in [-0.15, -0.1) is 0 Å². The zero-order valence-electron chi connectivity index (χ0n) is 14.6. The van der Waals surface area contributed by atoms with Gasteiger partial charge in [0.25, 0.3) is 5.91 Å². The number of amides is 1. The number of aryl methyl sites for hydroxylation is 1. The van der Waals surface area contributed by atoms with Crippen LogP contribution in [-0.4, -0.2) is 24.8 Å². The fourth-order valence-electron chi connectivity index (χ4n) is 2.28. The Morgan fingerprint density at radius 1 is 1.19 bits per heavy atom. The van der Waals surface area contributed by atoms with Gasteiger partial charge in [-0.1, -0.05) is 18.2 Å². The van der Waals surface area contributed by atoms with Gasteiger partial charge in [-0.3, -0.25) is 9.59 Å². The number of benzene rings is 2. The molecule has 0 saturated heterocycles. The summed E-state index contributed by atoms with van der Waals surface area (Å²) in [5.74, 6) is 4.69. The van der Waals surface area contributed by atoms with E-state index in [1.54, 1.807) is 43.3 Å². The smallest absolute Gasteiger partial charge is 0.306 e. The molecule has 0 spiro atoms. The van der Waals surface area contributed by atoms with E-state index in [-0.39, 0.29) is 11.9 Å². The molecule has 0 aliphatic carbocycles. The maximum atomic E-state index is 12.3. The summed E-state index contributed by atoms with van der Waals surface area (Å²) in [7, 11) is 0. The zero-order chi connectivity index (χ0) is 18.8. The molecule has 2 aromatic rings. The number of carbonyl (C=O) groups is 2. The lowest BCUT2D eigenvalue weighted by molar-refractivity contribution is -0.143. The molecule has 0 saturated carbocycles. The van der Waals surface area contributed by atoms with Gasteiger partial charge in [0.05, 0.1) is 12.3 Å². The Kier molecular flexibility index (Phi) is 7.32. The summed E-state index contributed by atoms with van der Waals surface area (Å²) >= 11 is 0. The van der Waals surface area contributed by atoms with Crippen molar-refractivity contribution in [2.45, 2.75) is 19.8 Å². The molecular weight excluding hydrogens is 332 g/mol. The number of ether oxygens (including phenoxy) is 1. The van der Waals surface area contributed by atoms with Gasteiger partial charge < -0.3 is 15.5 Å². The normalized spacial score (nSPS) is 10.5. The molecule has 136 valence electrons. The summed E-state index contributed by atoms with van der Waals surface area (Å²) in [4.78, 5) is 27.8. The van der Waals surface area contributed by atoms with Crippen LogP contribution in [0.25, 0.3) is 0 Å². The zero-order valence-corrected chi connectivity index (χ0v) is 14.6. The van der Waals surface area contributed by atoms with Crippen LogP contribution in [0, 0.1) is 0 Å². The van der Waals surface area contributed by atoms with E-state index in [9.17, 15) is 9.59 Å². The van der Waals surface area contributed by atoms with Crippen LogP contribution in [0.5, 0.6) is 0 Å². The van der Waals surface area contributed by atoms with Crippen molar-refractivity contribution in [2.24, 2.45) is 10.8 Å². The van der Waals surface area contributed by atoms with E-state index in [4.69, 9.17) is 10.6 Å². The molecular formula is C19H22N4O3. The minimum atomic E-state index is -0.234. The van der Waals surface area contributed by atoms with Crippen molar-refractivity contribution < 1.29 is 14.3 Å². The number of nitrogens with one attached hydrogen (secondary N) is 2. The Morgan fingerprint density at radius 2 is 1.96 bits per heavy atom. The first kappa shape index (κ1) is 19.1. The summed E-state index contributed by atoms with van der Waals surface area (Å²) < 4.78 is 4.91. The lowest BCUT2D eigenvalue weighted by Crippen LogP contribution is -2.18. The first-order valence-electron chi connectivity index (χ1n) is 8.27. The van der Waals surface area contributed by atoms with Crippen LogP contribution in [0.4, 0.5) is 11.4 Å². The average Bonchev–Trinajstić information content (AvgIpc) is 2.66. The van der Waals surface area contributed by atoms with Gasteiger partial charge in [0.1, 0.15) is 6.34 Å². The molecule has 0 atom stereocenters. The summed E-state index contributed by atoms with van der Waals surface area (Å²) in [6.07, 6.45) is 2.28. The highest BCUT2D eigenvalue weighted by atomic mass is 16.5. The number of hydrazine groups is 1. The van der Waals surface area contributed by atoms with Gasteiger partial charge in [-0.05, 0) is 49.2 Å². The number of aliphatic imine (C=N–C) groups is 1. The second-order valence-electron chi connectivity index (χ2n) is 5.43. The third kappa shape index (κ3) is 6.03. The van der Waals surface area contributed by atoms with Crippen molar-refractivity contribution >= 4 is 29.6 Å². The van der Waals surface area contributed by atoms with Crippen molar-refractivity contribution in [2.75, 3.05) is 11.9 Å². The monoisotopic (exact) mass is 354 g/mol. The number of rotatable bonds is 8. The summed E-state index contributed by atoms with van der Waals surface area (Å²) in [6.45, 7) is 2.17. The number of hydrogen-bond acceptors (Lipinski definition) is 5. The number of nitrogens with zero attached hydrogens (tertiary/aromatic N) is 1. The predicted octanol–water partition coefficient (Wildman–Crippen LogP) is 2.56. The summed E-state index contributed by atoms with van der Waals surface area (Å²) in [5, 5.41) is 2.83. The molecule has 0 radical (unpaired) electrons. The van der Waals surface area contributed by atoms with Gasteiger partial charge in [0, 0.05) is 17.7 Å². The molecule has 7 heteroatoms. The van der Waals surface area contributed by atoms with Crippen LogP contribution in [0.3, 0.4) is 0 Å². The fourth-order valence-corrected chi connectivity index (χ4v) is 2.28. The molecule has 0 aliphatic heterocycles. The maximum Gasteiger partial charge on any atom is 0.306 e. The van der Waals surface area contributed by atoms with E-state index in [1.165, 1.54) is 6.34 Å². The van der Waals surface area contributed by atoms with Crippen molar-refractivity contribution in [3.8, 4) is 0 Å². The standard InChI is InChI=1S/C19H22N4O3/c1-2-26-18(24)11-8-14-6-9-16(10-7-14)23-19(25)15-4-3-5-17(12-15)21-13-22-20/h3-7,9-10,12-13H,2,8,11,20H2,1H3,(H,21,22)(H,23,25). The quantitative estimate of drug-likeness (QED) is 0.222. The second kappa shape index (κ2) is 9.95. The molecule has 0 fully saturated rings. The van der Waals surface area contributed by atoms with Gasteiger partial charge in [0.2, 0.25) is 0 Å². The molecule has 26 heavy (non-hydrogen) atoms. The van der Waals surface area contributed by atoms with Crippen LogP contribution < -0.4 is 16.6 Å². The molecule has 0 bridgehead atoms. The third-order valence-corrected chi connectivity index (χ3v) is 3.53. The Balaban J connectivity index is 1.95. The van der Waals surface area contributed by atoms with Crippen molar-refractivity contribution in [3.05, 3.63) is 59.7 Å². The third-order valence-electron chi connectivity index (χ3n) is 3.53. The number of esters is 1. The molecule has 1 amide bonds. The van der Waals surface area contributed by atoms with Gasteiger partial charge in [-0.2, -0.15) is 0 Å². The number of carbonyl (C=O) groups excluding carboxylic acids is 2. The van der Waals surface area contributed by atoms with Crippen LogP contribution in [0.1, 0.15) is 29.3 Å². The first-order valence-corrected chi connectivity index (χ1v) is 8.27. The molecule has 2 rings (SSSR count). The largest absolute Gasteiger partial charge is 0.466 e. The van der Waals surface area contributed by atoms with Crippen LogP contribution in [-0.2, 0) is 16.0 Å². The van der Waals surface area contributed by atoms with E-state index in [2.05, 4.69) is 15.7 Å². The fraction of sp³-hybridized carbons (Fsp3) is 0.211. The lowest BCUT2D eigenvalue weighted by atomic mass is 10.1. The molecule has 7 nitrogen and oxygen atoms in total. The minimum Gasteiger partial charge on any atom is -0.466 e. The Hall–Kier alpha value is -3.19. The van der Waals surface area contributed by atoms with E-state index >= 15 is 0 Å². The maximum absolute atomic E-state index is 12.3. The highest BCUT2D eigenvalue weighted by Crippen LogP contribution is 2.16. The van der Waals surface area contributed by atoms with E-state index in [0.717, 1.165) is 5.56 Å². The van der Waals surface area contributed by atoms with E-state index < -0.39 is 0 Å². The minimum absolute atomic E-state index is 0.211. The highest BCUT2D eigenvalue weighted by Gasteiger charge is 2.07. The predicted molar refractivity (Wildman–Crippen MR) is 101 cm³/mol. The number of hydrogen-bond donors (Lipinski definition) is 3. The van der Waals surface area contributed by atoms with Gasteiger partial charge in [-0.25, -0.2) is 10.8 Å². The summed E-state index contributed by atoms with van der Waals surface area (Å²) in [5.41, 5.74) is 5.09. The first-order chi connectivity index (χ1) is 12.6. The molecule has 0 unspecified atom stereocenters. The van der Waals surface area contributed by atoms with Gasteiger partial charge >= 0.3 is 5.97 Å². The van der Waals surface area contributed by atoms with E-state index in [1.807, 2.05) is 12.1 Å². The van der Waals surface area contributed by atoms with Crippen LogP contribution >= 0.6 is 0 Å². The molecule has 0 aromatic heterocycles. The average molecular weight is 354 g/mol. The lowest BCUT2D eigenvalue weighted by Gasteiger charge is -2.07. The van der Waals surface area contributed by atoms with Gasteiger partial charge in [0.15, 0.2) is 0 Å². The second-order valence-corrected chi connectivity index (χ2v) is 5.43. The number of nitrogens with two attached hydrogens (primary N) is 1. The van der Waals surface area contributed by atoms with E-state index in [0.29, 0.717) is 36.4 Å².